The minimum atomic E-state index is 0.366. The van der Waals surface area contributed by atoms with E-state index in [9.17, 15) is 0 Å². The predicted octanol–water partition coefficient (Wildman–Crippen LogP) is 5.01. The Morgan fingerprint density at radius 2 is 2.10 bits per heavy atom. The second-order valence-corrected chi connectivity index (χ2v) is 7.21. The molecule has 0 aliphatic carbocycles. The predicted molar refractivity (Wildman–Crippen MR) is 91.9 cm³/mol. The Labute approximate surface area is 131 Å². The molecule has 1 aromatic carbocycles. The van der Waals surface area contributed by atoms with Crippen molar-refractivity contribution >= 4 is 22.7 Å². The Bertz CT molecular complexity index is 526. The quantitative estimate of drug-likeness (QED) is 0.812. The van der Waals surface area contributed by atoms with Crippen molar-refractivity contribution in [3.8, 4) is 0 Å². The Morgan fingerprint density at radius 3 is 2.86 bits per heavy atom. The van der Waals surface area contributed by atoms with Crippen molar-refractivity contribution < 1.29 is 4.42 Å². The van der Waals surface area contributed by atoms with Gasteiger partial charge in [0.1, 0.15) is 11.3 Å². The van der Waals surface area contributed by atoms with Gasteiger partial charge in [0.05, 0.1) is 6.04 Å². The van der Waals surface area contributed by atoms with Gasteiger partial charge >= 0.3 is 0 Å². The van der Waals surface area contributed by atoms with E-state index in [1.165, 1.54) is 36.2 Å². The average Bonchev–Trinajstić information content (AvgIpc) is 2.96. The summed E-state index contributed by atoms with van der Waals surface area (Å²) in [6.45, 7) is 3.28. The summed E-state index contributed by atoms with van der Waals surface area (Å²) in [5.74, 6) is 4.60. The maximum atomic E-state index is 6.10. The van der Waals surface area contributed by atoms with Crippen LogP contribution in [0.25, 0.3) is 11.0 Å². The van der Waals surface area contributed by atoms with Gasteiger partial charge < -0.3 is 9.73 Å². The summed E-state index contributed by atoms with van der Waals surface area (Å²) in [4.78, 5) is 0. The number of rotatable bonds is 6. The van der Waals surface area contributed by atoms with Gasteiger partial charge in [0, 0.05) is 5.39 Å². The van der Waals surface area contributed by atoms with Crippen molar-refractivity contribution in [1.82, 2.24) is 5.32 Å². The molecule has 0 saturated carbocycles. The molecule has 0 amide bonds. The van der Waals surface area contributed by atoms with Gasteiger partial charge in [0.15, 0.2) is 0 Å². The van der Waals surface area contributed by atoms with Gasteiger partial charge in [-0.2, -0.15) is 11.8 Å². The SMILES string of the molecule is CCCNC(CC1CCSCC1)c1cc2ccccc2o1. The van der Waals surface area contributed by atoms with E-state index >= 15 is 0 Å². The molecule has 2 heterocycles. The normalized spacial score (nSPS) is 18.1. The molecule has 0 radical (unpaired) electrons. The standard InChI is InChI=1S/C18H25NOS/c1-2-9-19-16(12-14-7-10-21-11-8-14)18-13-15-5-3-4-6-17(15)20-18/h3-6,13-14,16,19H,2,7-12H2,1H3. The van der Waals surface area contributed by atoms with Gasteiger partial charge in [0.2, 0.25) is 0 Å². The highest BCUT2D eigenvalue weighted by atomic mass is 32.2. The van der Waals surface area contributed by atoms with Crippen LogP contribution in [0.3, 0.4) is 0 Å². The van der Waals surface area contributed by atoms with Crippen LogP contribution in [0.4, 0.5) is 0 Å². The molecule has 3 heteroatoms. The minimum absolute atomic E-state index is 0.366. The first kappa shape index (κ1) is 15.0. The monoisotopic (exact) mass is 303 g/mol. The molecule has 1 aromatic heterocycles. The van der Waals surface area contributed by atoms with Gasteiger partial charge in [-0.25, -0.2) is 0 Å². The largest absolute Gasteiger partial charge is 0.459 e. The zero-order chi connectivity index (χ0) is 14.5. The third-order valence-corrected chi connectivity index (χ3v) is 5.39. The maximum Gasteiger partial charge on any atom is 0.134 e. The van der Waals surface area contributed by atoms with Crippen LogP contribution < -0.4 is 5.32 Å². The van der Waals surface area contributed by atoms with Gasteiger partial charge in [0.25, 0.3) is 0 Å². The van der Waals surface area contributed by atoms with Gasteiger partial charge in [-0.05, 0) is 61.8 Å². The van der Waals surface area contributed by atoms with Crippen molar-refractivity contribution in [2.24, 2.45) is 5.92 Å². The Balaban J connectivity index is 1.76. The molecule has 1 N–H and O–H groups in total. The average molecular weight is 303 g/mol. The molecule has 3 rings (SSSR count). The van der Waals surface area contributed by atoms with E-state index in [0.29, 0.717) is 6.04 Å². The summed E-state index contributed by atoms with van der Waals surface area (Å²) in [7, 11) is 0. The highest BCUT2D eigenvalue weighted by Gasteiger charge is 2.22. The zero-order valence-electron chi connectivity index (χ0n) is 12.8. The Kier molecular flexibility index (Phi) is 5.26. The lowest BCUT2D eigenvalue weighted by atomic mass is 9.93. The van der Waals surface area contributed by atoms with E-state index in [1.54, 1.807) is 0 Å². The summed E-state index contributed by atoms with van der Waals surface area (Å²) in [6.07, 6.45) is 5.09. The summed E-state index contributed by atoms with van der Waals surface area (Å²) >= 11 is 2.10. The third-order valence-electron chi connectivity index (χ3n) is 4.34. The maximum absolute atomic E-state index is 6.10. The van der Waals surface area contributed by atoms with Crippen LogP contribution in [0.1, 0.15) is 44.4 Å². The molecule has 1 atom stereocenters. The summed E-state index contributed by atoms with van der Waals surface area (Å²) in [6, 6.07) is 10.9. The number of benzene rings is 1. The lowest BCUT2D eigenvalue weighted by Gasteiger charge is -2.26. The molecule has 2 aromatic rings. The van der Waals surface area contributed by atoms with Gasteiger partial charge in [-0.15, -0.1) is 0 Å². The lowest BCUT2D eigenvalue weighted by Crippen LogP contribution is -2.25. The van der Waals surface area contributed by atoms with Crippen LogP contribution in [0.15, 0.2) is 34.7 Å². The molecule has 21 heavy (non-hydrogen) atoms. The molecule has 1 saturated heterocycles. The highest BCUT2D eigenvalue weighted by Crippen LogP contribution is 2.33. The molecular weight excluding hydrogens is 278 g/mol. The third kappa shape index (κ3) is 3.83. The summed E-state index contributed by atoms with van der Waals surface area (Å²) in [5.41, 5.74) is 1.01. The number of fused-ring (bicyclic) bond motifs is 1. The van der Waals surface area contributed by atoms with E-state index in [1.807, 2.05) is 6.07 Å². The summed E-state index contributed by atoms with van der Waals surface area (Å²) in [5, 5.41) is 4.91. The minimum Gasteiger partial charge on any atom is -0.459 e. The first-order valence-corrected chi connectivity index (χ1v) is 9.32. The van der Waals surface area contributed by atoms with Gasteiger partial charge in [-0.3, -0.25) is 0 Å². The number of thioether (sulfide) groups is 1. The zero-order valence-corrected chi connectivity index (χ0v) is 13.6. The Hall–Kier alpha value is -0.930. The van der Waals surface area contributed by atoms with Crippen LogP contribution in [0, 0.1) is 5.92 Å². The molecule has 0 spiro atoms. The van der Waals surface area contributed by atoms with Crippen LogP contribution >= 0.6 is 11.8 Å². The molecular formula is C18H25NOS. The van der Waals surface area contributed by atoms with Crippen molar-refractivity contribution in [1.29, 1.82) is 0 Å². The van der Waals surface area contributed by atoms with Crippen molar-refractivity contribution in [2.75, 3.05) is 18.1 Å². The van der Waals surface area contributed by atoms with Crippen molar-refractivity contribution in [3.05, 3.63) is 36.1 Å². The summed E-state index contributed by atoms with van der Waals surface area (Å²) < 4.78 is 6.10. The molecule has 1 aliphatic rings. The number of nitrogens with one attached hydrogen (secondary N) is 1. The first-order chi connectivity index (χ1) is 10.4. The molecule has 1 fully saturated rings. The topological polar surface area (TPSA) is 25.2 Å². The smallest absolute Gasteiger partial charge is 0.134 e. The molecule has 114 valence electrons. The van der Waals surface area contributed by atoms with Crippen LogP contribution in [0.5, 0.6) is 0 Å². The fraction of sp³-hybridized carbons (Fsp3) is 0.556. The first-order valence-electron chi connectivity index (χ1n) is 8.16. The molecule has 1 aliphatic heterocycles. The molecule has 0 bridgehead atoms. The van der Waals surface area contributed by atoms with Gasteiger partial charge in [-0.1, -0.05) is 25.1 Å². The molecule has 1 unspecified atom stereocenters. The number of hydrogen-bond donors (Lipinski definition) is 1. The fourth-order valence-corrected chi connectivity index (χ4v) is 4.31. The second kappa shape index (κ2) is 7.37. The van der Waals surface area contributed by atoms with E-state index in [2.05, 4.69) is 48.3 Å². The van der Waals surface area contributed by atoms with Crippen LogP contribution in [-0.2, 0) is 0 Å². The Morgan fingerprint density at radius 1 is 1.29 bits per heavy atom. The fourth-order valence-electron chi connectivity index (χ4n) is 3.11. The second-order valence-electron chi connectivity index (χ2n) is 5.98. The van der Waals surface area contributed by atoms with E-state index in [4.69, 9.17) is 4.42 Å². The van der Waals surface area contributed by atoms with E-state index in [-0.39, 0.29) is 0 Å². The van der Waals surface area contributed by atoms with Crippen molar-refractivity contribution in [3.63, 3.8) is 0 Å². The lowest BCUT2D eigenvalue weighted by molar-refractivity contribution is 0.334. The van der Waals surface area contributed by atoms with E-state index < -0.39 is 0 Å². The van der Waals surface area contributed by atoms with Crippen LogP contribution in [0.2, 0.25) is 0 Å². The number of hydrogen-bond acceptors (Lipinski definition) is 3. The molecule has 2 nitrogen and oxygen atoms in total. The highest BCUT2D eigenvalue weighted by molar-refractivity contribution is 7.99. The van der Waals surface area contributed by atoms with E-state index in [0.717, 1.165) is 30.2 Å². The van der Waals surface area contributed by atoms with Crippen LogP contribution in [-0.4, -0.2) is 18.1 Å². The number of furan rings is 1. The van der Waals surface area contributed by atoms with Crippen molar-refractivity contribution in [2.45, 2.75) is 38.6 Å². The number of para-hydroxylation sites is 1.